The first-order valence-corrected chi connectivity index (χ1v) is 11.9. The van der Waals surface area contributed by atoms with Crippen molar-refractivity contribution in [2.75, 3.05) is 39.3 Å². The number of carbonyl (C=O) groups is 2. The van der Waals surface area contributed by atoms with Crippen LogP contribution < -0.4 is 5.32 Å². The molecule has 6 heteroatoms. The van der Waals surface area contributed by atoms with Gasteiger partial charge in [0.15, 0.2) is 0 Å². The molecule has 2 amide bonds. The first kappa shape index (κ1) is 23.6. The molecule has 2 aliphatic heterocycles. The number of nitrogens with one attached hydrogen (secondary N) is 1. The highest BCUT2D eigenvalue weighted by atomic mass is 16.5. The second-order valence-electron chi connectivity index (χ2n) is 9.52. The third-order valence-electron chi connectivity index (χ3n) is 6.54. The summed E-state index contributed by atoms with van der Waals surface area (Å²) < 4.78 is 5.11. The number of hydrogen-bond donors (Lipinski definition) is 1. The monoisotopic (exact) mass is 429 g/mol. The molecule has 0 unspecified atom stereocenters. The summed E-state index contributed by atoms with van der Waals surface area (Å²) in [6.07, 6.45) is 3.57. The van der Waals surface area contributed by atoms with E-state index in [9.17, 15) is 9.59 Å². The summed E-state index contributed by atoms with van der Waals surface area (Å²) in [6, 6.07) is 9.20. The Bertz CT molecular complexity index is 693. The number of carbonyl (C=O) groups excluding carboxylic acids is 2. The molecular weight excluding hydrogens is 390 g/mol. The van der Waals surface area contributed by atoms with E-state index < -0.39 is 0 Å². The fourth-order valence-corrected chi connectivity index (χ4v) is 5.19. The quantitative estimate of drug-likeness (QED) is 0.664. The zero-order valence-corrected chi connectivity index (χ0v) is 19.4. The smallest absolute Gasteiger partial charge is 0.317 e. The van der Waals surface area contributed by atoms with Crippen LogP contribution in [0, 0.1) is 17.8 Å². The predicted molar refractivity (Wildman–Crippen MR) is 123 cm³/mol. The van der Waals surface area contributed by atoms with Crippen LogP contribution in [0.25, 0.3) is 0 Å². The standard InChI is InChI=1S/C25H39N3O3/c1-4-31-24(29)15-23(22-8-6-5-7-9-22)26-25(30)28-12-10-21(11-13-28)18-27-16-19(2)14-20(3)17-27/h5-9,19-21,23H,4,10-18H2,1-3H3,(H,26,30)/t19-,20+,23-/m0/s1. The van der Waals surface area contributed by atoms with E-state index in [4.69, 9.17) is 4.74 Å². The van der Waals surface area contributed by atoms with Crippen molar-refractivity contribution in [2.45, 2.75) is 52.5 Å². The number of benzene rings is 1. The van der Waals surface area contributed by atoms with Crippen molar-refractivity contribution >= 4 is 12.0 Å². The molecule has 3 rings (SSSR count). The van der Waals surface area contributed by atoms with Gasteiger partial charge in [0.1, 0.15) is 0 Å². The van der Waals surface area contributed by atoms with E-state index in [-0.39, 0.29) is 24.5 Å². The molecular formula is C25H39N3O3. The average molecular weight is 430 g/mol. The Balaban J connectivity index is 1.50. The van der Waals surface area contributed by atoms with Gasteiger partial charge < -0.3 is 19.9 Å². The molecule has 0 aromatic heterocycles. The maximum atomic E-state index is 13.0. The first-order valence-electron chi connectivity index (χ1n) is 11.9. The summed E-state index contributed by atoms with van der Waals surface area (Å²) in [5.41, 5.74) is 0.923. The summed E-state index contributed by atoms with van der Waals surface area (Å²) in [7, 11) is 0. The molecule has 2 saturated heterocycles. The average Bonchev–Trinajstić information content (AvgIpc) is 2.74. The van der Waals surface area contributed by atoms with Gasteiger partial charge in [-0.1, -0.05) is 44.2 Å². The molecule has 1 aromatic carbocycles. The molecule has 3 atom stereocenters. The number of amides is 2. The number of rotatable bonds is 7. The van der Waals surface area contributed by atoms with Crippen molar-refractivity contribution < 1.29 is 14.3 Å². The second-order valence-corrected chi connectivity index (χ2v) is 9.52. The van der Waals surface area contributed by atoms with E-state index >= 15 is 0 Å². The molecule has 172 valence electrons. The Labute approximate surface area is 187 Å². The van der Waals surface area contributed by atoms with Crippen LogP contribution in [-0.2, 0) is 9.53 Å². The SMILES string of the molecule is CCOC(=O)C[C@H](NC(=O)N1CCC(CN2C[C@H](C)C[C@H](C)C2)CC1)c1ccccc1. The minimum atomic E-state index is -0.373. The van der Waals surface area contributed by atoms with Gasteiger partial charge >= 0.3 is 12.0 Å². The van der Waals surface area contributed by atoms with Gasteiger partial charge in [0.2, 0.25) is 0 Å². The number of piperidine rings is 2. The number of hydrogen-bond acceptors (Lipinski definition) is 4. The van der Waals surface area contributed by atoms with E-state index in [2.05, 4.69) is 24.1 Å². The van der Waals surface area contributed by atoms with Gasteiger partial charge in [-0.25, -0.2) is 4.79 Å². The van der Waals surface area contributed by atoms with E-state index in [0.717, 1.165) is 49.9 Å². The molecule has 0 aliphatic carbocycles. The number of nitrogens with zero attached hydrogens (tertiary/aromatic N) is 2. The van der Waals surface area contributed by atoms with Gasteiger partial charge in [0, 0.05) is 32.7 Å². The van der Waals surface area contributed by atoms with Crippen LogP contribution >= 0.6 is 0 Å². The minimum absolute atomic E-state index is 0.0863. The van der Waals surface area contributed by atoms with Crippen molar-refractivity contribution in [1.29, 1.82) is 0 Å². The third kappa shape index (κ3) is 7.23. The zero-order chi connectivity index (χ0) is 22.2. The summed E-state index contributed by atoms with van der Waals surface area (Å²) in [5, 5.41) is 3.08. The summed E-state index contributed by atoms with van der Waals surface area (Å²) in [4.78, 5) is 29.6. The van der Waals surface area contributed by atoms with Crippen LogP contribution in [0.15, 0.2) is 30.3 Å². The van der Waals surface area contributed by atoms with E-state index in [1.54, 1.807) is 6.92 Å². The topological polar surface area (TPSA) is 61.9 Å². The van der Waals surface area contributed by atoms with Crippen molar-refractivity contribution in [2.24, 2.45) is 17.8 Å². The lowest BCUT2D eigenvalue weighted by atomic mass is 9.89. The molecule has 0 bridgehead atoms. The maximum Gasteiger partial charge on any atom is 0.317 e. The largest absolute Gasteiger partial charge is 0.466 e. The van der Waals surface area contributed by atoms with Crippen LogP contribution in [0.2, 0.25) is 0 Å². The fraction of sp³-hybridized carbons (Fsp3) is 0.680. The Morgan fingerprint density at radius 1 is 1.10 bits per heavy atom. The Hall–Kier alpha value is -2.08. The molecule has 1 aromatic rings. The van der Waals surface area contributed by atoms with Crippen molar-refractivity contribution in [1.82, 2.24) is 15.1 Å². The lowest BCUT2D eigenvalue weighted by Crippen LogP contribution is -2.48. The highest BCUT2D eigenvalue weighted by molar-refractivity contribution is 5.77. The summed E-state index contributed by atoms with van der Waals surface area (Å²) >= 11 is 0. The molecule has 31 heavy (non-hydrogen) atoms. The third-order valence-corrected chi connectivity index (χ3v) is 6.54. The number of ether oxygens (including phenoxy) is 1. The van der Waals surface area contributed by atoms with Crippen molar-refractivity contribution in [3.05, 3.63) is 35.9 Å². The fourth-order valence-electron chi connectivity index (χ4n) is 5.19. The van der Waals surface area contributed by atoms with Crippen LogP contribution in [0.3, 0.4) is 0 Å². The Kier molecular flexibility index (Phi) is 8.76. The lowest BCUT2D eigenvalue weighted by Gasteiger charge is -2.39. The number of likely N-dealkylation sites (tertiary alicyclic amines) is 2. The molecule has 2 aliphatic rings. The minimum Gasteiger partial charge on any atom is -0.466 e. The van der Waals surface area contributed by atoms with Gasteiger partial charge in [-0.15, -0.1) is 0 Å². The van der Waals surface area contributed by atoms with Gasteiger partial charge in [-0.2, -0.15) is 0 Å². The maximum absolute atomic E-state index is 13.0. The summed E-state index contributed by atoms with van der Waals surface area (Å²) in [5.74, 6) is 1.93. The van der Waals surface area contributed by atoms with Crippen LogP contribution in [0.5, 0.6) is 0 Å². The van der Waals surface area contributed by atoms with E-state index in [1.165, 1.54) is 19.5 Å². The molecule has 0 saturated carbocycles. The number of esters is 1. The molecule has 2 heterocycles. The molecule has 0 spiro atoms. The Morgan fingerprint density at radius 2 is 1.74 bits per heavy atom. The normalized spacial score (nSPS) is 23.9. The van der Waals surface area contributed by atoms with Gasteiger partial charge in [-0.3, -0.25) is 4.79 Å². The molecule has 1 N–H and O–H groups in total. The summed E-state index contributed by atoms with van der Waals surface area (Å²) in [6.45, 7) is 12.0. The van der Waals surface area contributed by atoms with Crippen LogP contribution in [0.4, 0.5) is 4.79 Å². The molecule has 6 nitrogen and oxygen atoms in total. The van der Waals surface area contributed by atoms with Gasteiger partial charge in [-0.05, 0) is 49.5 Å². The van der Waals surface area contributed by atoms with Gasteiger partial charge in [0.05, 0.1) is 19.1 Å². The van der Waals surface area contributed by atoms with Crippen LogP contribution in [0.1, 0.15) is 58.1 Å². The lowest BCUT2D eigenvalue weighted by molar-refractivity contribution is -0.143. The molecule has 2 fully saturated rings. The highest BCUT2D eigenvalue weighted by Crippen LogP contribution is 2.25. The molecule has 0 radical (unpaired) electrons. The predicted octanol–water partition coefficient (Wildman–Crippen LogP) is 4.08. The van der Waals surface area contributed by atoms with Crippen molar-refractivity contribution in [3.63, 3.8) is 0 Å². The number of urea groups is 1. The van der Waals surface area contributed by atoms with Crippen molar-refractivity contribution in [3.8, 4) is 0 Å². The Morgan fingerprint density at radius 3 is 2.35 bits per heavy atom. The second kappa shape index (κ2) is 11.5. The highest BCUT2D eigenvalue weighted by Gasteiger charge is 2.29. The van der Waals surface area contributed by atoms with E-state index in [0.29, 0.717) is 12.5 Å². The first-order chi connectivity index (χ1) is 14.9. The van der Waals surface area contributed by atoms with Gasteiger partial charge in [0.25, 0.3) is 0 Å². The zero-order valence-electron chi connectivity index (χ0n) is 19.4. The van der Waals surface area contributed by atoms with E-state index in [1.807, 2.05) is 35.2 Å². The van der Waals surface area contributed by atoms with Crippen LogP contribution in [-0.4, -0.2) is 61.1 Å².